The quantitative estimate of drug-likeness (QED) is 0.899. The van der Waals surface area contributed by atoms with Gasteiger partial charge in [-0.25, -0.2) is 0 Å². The molecule has 0 radical (unpaired) electrons. The Morgan fingerprint density at radius 2 is 2.05 bits per heavy atom. The van der Waals surface area contributed by atoms with Gasteiger partial charge in [0.1, 0.15) is 0 Å². The average molecular weight is 307 g/mol. The van der Waals surface area contributed by atoms with Crippen molar-refractivity contribution in [3.05, 3.63) is 21.4 Å². The van der Waals surface area contributed by atoms with Gasteiger partial charge in [0, 0.05) is 11.4 Å². The van der Waals surface area contributed by atoms with Crippen LogP contribution in [0.15, 0.2) is 6.07 Å². The van der Waals surface area contributed by atoms with Crippen LogP contribution in [-0.4, -0.2) is 23.5 Å². The molecular weight excluding hydrogens is 286 g/mol. The highest BCUT2D eigenvalue weighted by molar-refractivity contribution is 7.14. The Labute approximate surface area is 128 Å². The smallest absolute Gasteiger partial charge is 0.306 e. The van der Waals surface area contributed by atoms with Gasteiger partial charge in [-0.05, 0) is 49.7 Å². The van der Waals surface area contributed by atoms with Crippen molar-refractivity contribution < 1.29 is 14.7 Å². The fraction of sp³-hybridized carbons (Fsp3) is 0.625. The Kier molecular flexibility index (Phi) is 4.29. The summed E-state index contributed by atoms with van der Waals surface area (Å²) in [6.45, 7) is 0.484. The SMILES string of the molecule is O=C(NCC1CCCCC1C(=O)O)c1cc2c(s1)CCC2. The van der Waals surface area contributed by atoms with Crippen molar-refractivity contribution in [2.24, 2.45) is 11.8 Å². The Balaban J connectivity index is 1.58. The maximum atomic E-state index is 12.2. The van der Waals surface area contributed by atoms with Gasteiger partial charge in [-0.2, -0.15) is 0 Å². The van der Waals surface area contributed by atoms with Crippen LogP contribution in [0.3, 0.4) is 0 Å². The van der Waals surface area contributed by atoms with Crippen molar-refractivity contribution in [3.63, 3.8) is 0 Å². The second kappa shape index (κ2) is 6.18. The Morgan fingerprint density at radius 1 is 1.24 bits per heavy atom. The summed E-state index contributed by atoms with van der Waals surface area (Å²) in [5.74, 6) is -0.979. The van der Waals surface area contributed by atoms with E-state index < -0.39 is 5.97 Å². The van der Waals surface area contributed by atoms with Crippen LogP contribution in [0, 0.1) is 11.8 Å². The van der Waals surface area contributed by atoms with Crippen molar-refractivity contribution in [2.45, 2.75) is 44.9 Å². The zero-order valence-electron chi connectivity index (χ0n) is 12.1. The third-order valence-electron chi connectivity index (χ3n) is 4.72. The van der Waals surface area contributed by atoms with Crippen LogP contribution in [0.5, 0.6) is 0 Å². The summed E-state index contributed by atoms with van der Waals surface area (Å²) in [5.41, 5.74) is 1.33. The van der Waals surface area contributed by atoms with Crippen LogP contribution in [0.25, 0.3) is 0 Å². The van der Waals surface area contributed by atoms with Gasteiger partial charge in [0.15, 0.2) is 0 Å². The largest absolute Gasteiger partial charge is 0.481 e. The number of aryl methyl sites for hydroxylation is 2. The third kappa shape index (κ3) is 3.12. The van der Waals surface area contributed by atoms with Crippen LogP contribution in [-0.2, 0) is 17.6 Å². The van der Waals surface area contributed by atoms with Gasteiger partial charge in [-0.3, -0.25) is 9.59 Å². The lowest BCUT2D eigenvalue weighted by molar-refractivity contribution is -0.144. The normalized spacial score (nSPS) is 24.6. The number of carbonyl (C=O) groups excluding carboxylic acids is 1. The van der Waals surface area contributed by atoms with E-state index in [1.165, 1.54) is 16.9 Å². The number of thiophene rings is 1. The fourth-order valence-electron chi connectivity index (χ4n) is 3.53. The molecule has 5 heteroatoms. The van der Waals surface area contributed by atoms with Crippen LogP contribution < -0.4 is 5.32 Å². The number of aliphatic carboxylic acids is 1. The van der Waals surface area contributed by atoms with Gasteiger partial charge in [0.05, 0.1) is 10.8 Å². The number of nitrogens with one attached hydrogen (secondary N) is 1. The van der Waals surface area contributed by atoms with E-state index in [0.29, 0.717) is 6.54 Å². The second-order valence-electron chi connectivity index (χ2n) is 6.11. The molecule has 1 fully saturated rings. The summed E-state index contributed by atoms with van der Waals surface area (Å²) in [4.78, 5) is 25.6. The molecule has 4 nitrogen and oxygen atoms in total. The molecule has 0 spiro atoms. The molecule has 0 aromatic carbocycles. The van der Waals surface area contributed by atoms with Gasteiger partial charge in [0.2, 0.25) is 0 Å². The first-order valence-corrected chi connectivity index (χ1v) is 8.59. The predicted octanol–water partition coefficient (Wildman–Crippen LogP) is 2.86. The maximum Gasteiger partial charge on any atom is 0.306 e. The fourth-order valence-corrected chi connectivity index (χ4v) is 4.70. The molecule has 114 valence electrons. The molecule has 2 atom stereocenters. The molecule has 1 aromatic heterocycles. The van der Waals surface area contributed by atoms with Gasteiger partial charge < -0.3 is 10.4 Å². The van der Waals surface area contributed by atoms with Crippen LogP contribution >= 0.6 is 11.3 Å². The van der Waals surface area contributed by atoms with E-state index in [2.05, 4.69) is 5.32 Å². The Hall–Kier alpha value is -1.36. The van der Waals surface area contributed by atoms with Gasteiger partial charge in [-0.1, -0.05) is 12.8 Å². The van der Waals surface area contributed by atoms with Gasteiger partial charge in [0.25, 0.3) is 5.91 Å². The van der Waals surface area contributed by atoms with Crippen molar-refractivity contribution in [2.75, 3.05) is 6.54 Å². The number of rotatable bonds is 4. The Bertz CT molecular complexity index is 530. The molecule has 0 bridgehead atoms. The van der Waals surface area contributed by atoms with Gasteiger partial charge >= 0.3 is 5.97 Å². The molecule has 2 aliphatic carbocycles. The first-order chi connectivity index (χ1) is 10.1. The first-order valence-electron chi connectivity index (χ1n) is 7.77. The van der Waals surface area contributed by atoms with E-state index in [9.17, 15) is 14.7 Å². The highest BCUT2D eigenvalue weighted by Gasteiger charge is 2.31. The summed E-state index contributed by atoms with van der Waals surface area (Å²) < 4.78 is 0. The molecule has 2 N–H and O–H groups in total. The minimum Gasteiger partial charge on any atom is -0.481 e. The minimum atomic E-state index is -0.718. The number of carbonyl (C=O) groups is 2. The Morgan fingerprint density at radius 3 is 2.81 bits per heavy atom. The highest BCUT2D eigenvalue weighted by Crippen LogP contribution is 2.32. The number of amides is 1. The van der Waals surface area contributed by atoms with Crippen molar-refractivity contribution in [1.82, 2.24) is 5.32 Å². The molecule has 2 aliphatic rings. The van der Waals surface area contributed by atoms with E-state index in [1.807, 2.05) is 6.07 Å². The molecule has 3 rings (SSSR count). The number of carboxylic acid groups (broad SMARTS) is 1. The molecule has 0 saturated heterocycles. The maximum absolute atomic E-state index is 12.2. The van der Waals surface area contributed by atoms with E-state index in [0.717, 1.165) is 43.4 Å². The molecule has 1 aromatic rings. The molecule has 1 amide bonds. The standard InChI is InChI=1S/C16H21NO3S/c18-15(14-8-10-5-3-7-13(10)21-14)17-9-11-4-1-2-6-12(11)16(19)20/h8,11-12H,1-7,9H2,(H,17,18)(H,19,20). The lowest BCUT2D eigenvalue weighted by Gasteiger charge is -2.28. The molecule has 0 aliphatic heterocycles. The molecule has 21 heavy (non-hydrogen) atoms. The highest BCUT2D eigenvalue weighted by atomic mass is 32.1. The number of carboxylic acids is 1. The zero-order chi connectivity index (χ0) is 14.8. The van der Waals surface area contributed by atoms with Crippen molar-refractivity contribution >= 4 is 23.2 Å². The second-order valence-corrected chi connectivity index (χ2v) is 7.25. The summed E-state index contributed by atoms with van der Waals surface area (Å²) in [7, 11) is 0. The lowest BCUT2D eigenvalue weighted by Crippen LogP contribution is -2.37. The van der Waals surface area contributed by atoms with Crippen LogP contribution in [0.2, 0.25) is 0 Å². The molecule has 1 saturated carbocycles. The van der Waals surface area contributed by atoms with Crippen molar-refractivity contribution in [3.8, 4) is 0 Å². The van der Waals surface area contributed by atoms with E-state index in [1.54, 1.807) is 11.3 Å². The zero-order valence-corrected chi connectivity index (χ0v) is 12.9. The monoisotopic (exact) mass is 307 g/mol. The topological polar surface area (TPSA) is 66.4 Å². The van der Waals surface area contributed by atoms with E-state index in [-0.39, 0.29) is 17.7 Å². The molecule has 2 unspecified atom stereocenters. The van der Waals surface area contributed by atoms with E-state index >= 15 is 0 Å². The summed E-state index contributed by atoms with van der Waals surface area (Å²) in [6, 6.07) is 2.01. The van der Waals surface area contributed by atoms with E-state index in [4.69, 9.17) is 0 Å². The van der Waals surface area contributed by atoms with Gasteiger partial charge in [-0.15, -0.1) is 11.3 Å². The summed E-state index contributed by atoms with van der Waals surface area (Å²) >= 11 is 1.60. The number of hydrogen-bond donors (Lipinski definition) is 2. The summed E-state index contributed by atoms with van der Waals surface area (Å²) in [6.07, 6.45) is 7.07. The lowest BCUT2D eigenvalue weighted by atomic mass is 9.79. The summed E-state index contributed by atoms with van der Waals surface area (Å²) in [5, 5.41) is 12.2. The third-order valence-corrected chi connectivity index (χ3v) is 5.96. The average Bonchev–Trinajstić information content (AvgIpc) is 3.06. The number of fused-ring (bicyclic) bond motifs is 1. The predicted molar refractivity (Wildman–Crippen MR) is 81.8 cm³/mol. The first kappa shape index (κ1) is 14.6. The van der Waals surface area contributed by atoms with Crippen LogP contribution in [0.4, 0.5) is 0 Å². The van der Waals surface area contributed by atoms with Crippen molar-refractivity contribution in [1.29, 1.82) is 0 Å². The molecular formula is C16H21NO3S. The number of hydrogen-bond acceptors (Lipinski definition) is 3. The molecule has 1 heterocycles. The minimum absolute atomic E-state index is 0.0379. The van der Waals surface area contributed by atoms with Crippen LogP contribution in [0.1, 0.15) is 52.2 Å².